The lowest BCUT2D eigenvalue weighted by molar-refractivity contribution is 0.0901. The Kier molecular flexibility index (Phi) is 3.95. The summed E-state index contributed by atoms with van der Waals surface area (Å²) < 4.78 is 12.4. The molecule has 0 bridgehead atoms. The van der Waals surface area contributed by atoms with Crippen LogP contribution in [0.3, 0.4) is 0 Å². The summed E-state index contributed by atoms with van der Waals surface area (Å²) in [5.74, 6) is 0.564. The van der Waals surface area contributed by atoms with Gasteiger partial charge in [-0.25, -0.2) is 4.98 Å². The van der Waals surface area contributed by atoms with Gasteiger partial charge in [0.15, 0.2) is 10.8 Å². The Hall–Kier alpha value is -2.39. The highest BCUT2D eigenvalue weighted by atomic mass is 32.1. The normalized spacial score (nSPS) is 16.5. The van der Waals surface area contributed by atoms with E-state index in [1.54, 1.807) is 17.4 Å². The summed E-state index contributed by atoms with van der Waals surface area (Å²) in [5, 5.41) is 8.85. The molecular formula is C15H17N5O3S. The fourth-order valence-electron chi connectivity index (χ4n) is 2.61. The van der Waals surface area contributed by atoms with Crippen molar-refractivity contribution in [3.8, 4) is 0 Å². The average Bonchev–Trinajstić information content (AvgIpc) is 3.31. The Morgan fingerprint density at radius 2 is 2.25 bits per heavy atom. The predicted molar refractivity (Wildman–Crippen MR) is 88.5 cm³/mol. The number of rotatable bonds is 4. The fourth-order valence-corrected chi connectivity index (χ4v) is 3.32. The molecule has 0 spiro atoms. The quantitative estimate of drug-likeness (QED) is 0.773. The van der Waals surface area contributed by atoms with Gasteiger partial charge in [-0.2, -0.15) is 0 Å². The van der Waals surface area contributed by atoms with Crippen LogP contribution in [0.1, 0.15) is 29.2 Å². The Bertz CT molecular complexity index is 820. The predicted octanol–water partition coefficient (Wildman–Crippen LogP) is 1.71. The second kappa shape index (κ2) is 6.25. The highest BCUT2D eigenvalue weighted by Crippen LogP contribution is 2.19. The van der Waals surface area contributed by atoms with Crippen molar-refractivity contribution < 1.29 is 14.1 Å². The van der Waals surface area contributed by atoms with E-state index in [4.69, 9.17) is 9.26 Å². The van der Waals surface area contributed by atoms with Crippen LogP contribution in [-0.2, 0) is 4.74 Å². The molecule has 1 aliphatic heterocycles. The summed E-state index contributed by atoms with van der Waals surface area (Å²) in [6, 6.07) is 1.44. The third-order valence-electron chi connectivity index (χ3n) is 3.96. The first kappa shape index (κ1) is 15.2. The Morgan fingerprint density at radius 1 is 1.42 bits per heavy atom. The molecule has 1 fully saturated rings. The van der Waals surface area contributed by atoms with Gasteiger partial charge in [-0.3, -0.25) is 9.20 Å². The number of fused-ring (bicyclic) bond motifs is 1. The van der Waals surface area contributed by atoms with Crippen LogP contribution in [-0.4, -0.2) is 46.8 Å². The van der Waals surface area contributed by atoms with Crippen LogP contribution in [0.4, 0.5) is 5.82 Å². The minimum Gasteiger partial charge on any atom is -0.378 e. The number of amides is 1. The summed E-state index contributed by atoms with van der Waals surface area (Å²) in [7, 11) is 0. The van der Waals surface area contributed by atoms with Crippen molar-refractivity contribution in [2.24, 2.45) is 0 Å². The lowest BCUT2D eigenvalue weighted by Crippen LogP contribution is -2.36. The van der Waals surface area contributed by atoms with Crippen molar-refractivity contribution in [3.05, 3.63) is 35.3 Å². The molecule has 9 heteroatoms. The SMILES string of the molecule is CC(NC(=O)c1cc(N2CCOCC2)no1)c1cn2ccsc2n1. The van der Waals surface area contributed by atoms with E-state index < -0.39 is 0 Å². The minimum absolute atomic E-state index is 0.198. The standard InChI is InChI=1S/C15H17N5O3S/c1-10(11-9-20-4-7-24-15(20)17-11)16-14(21)12-8-13(18-23-12)19-2-5-22-6-3-19/h4,7-10H,2-3,5-6H2,1H3,(H,16,21). The number of hydrogen-bond donors (Lipinski definition) is 1. The molecule has 1 saturated heterocycles. The van der Waals surface area contributed by atoms with Gasteiger partial charge in [0, 0.05) is 36.9 Å². The van der Waals surface area contributed by atoms with Gasteiger partial charge in [0.1, 0.15) is 0 Å². The molecule has 1 aliphatic rings. The summed E-state index contributed by atoms with van der Waals surface area (Å²) in [4.78, 5) is 19.8. The van der Waals surface area contributed by atoms with Crippen LogP contribution in [0.15, 0.2) is 28.4 Å². The van der Waals surface area contributed by atoms with E-state index in [1.807, 2.05) is 34.0 Å². The van der Waals surface area contributed by atoms with Gasteiger partial charge in [-0.1, -0.05) is 5.16 Å². The Balaban J connectivity index is 1.43. The lowest BCUT2D eigenvalue weighted by Gasteiger charge is -2.25. The van der Waals surface area contributed by atoms with Crippen molar-refractivity contribution in [3.63, 3.8) is 0 Å². The molecule has 8 nitrogen and oxygen atoms in total. The van der Waals surface area contributed by atoms with Gasteiger partial charge in [0.2, 0.25) is 5.76 Å². The van der Waals surface area contributed by atoms with Crippen molar-refractivity contribution >= 4 is 28.0 Å². The molecule has 3 aromatic heterocycles. The van der Waals surface area contributed by atoms with Crippen molar-refractivity contribution in [1.82, 2.24) is 19.9 Å². The molecule has 0 aliphatic carbocycles. The number of carbonyl (C=O) groups excluding carboxylic acids is 1. The van der Waals surface area contributed by atoms with Crippen LogP contribution >= 0.6 is 11.3 Å². The third kappa shape index (κ3) is 2.87. The lowest BCUT2D eigenvalue weighted by atomic mass is 10.2. The Labute approximate surface area is 142 Å². The number of thiazole rings is 1. The zero-order valence-corrected chi connectivity index (χ0v) is 14.0. The highest BCUT2D eigenvalue weighted by molar-refractivity contribution is 7.15. The van der Waals surface area contributed by atoms with Gasteiger partial charge < -0.3 is 19.5 Å². The van der Waals surface area contributed by atoms with E-state index >= 15 is 0 Å². The molecule has 1 amide bonds. The van der Waals surface area contributed by atoms with Gasteiger partial charge in [-0.05, 0) is 6.92 Å². The number of nitrogens with one attached hydrogen (secondary N) is 1. The number of carbonyl (C=O) groups is 1. The molecule has 3 aromatic rings. The van der Waals surface area contributed by atoms with Crippen molar-refractivity contribution in [1.29, 1.82) is 0 Å². The molecule has 4 rings (SSSR count). The summed E-state index contributed by atoms with van der Waals surface area (Å²) in [6.07, 6.45) is 3.85. The highest BCUT2D eigenvalue weighted by Gasteiger charge is 2.21. The monoisotopic (exact) mass is 347 g/mol. The van der Waals surface area contributed by atoms with E-state index in [0.29, 0.717) is 19.0 Å². The number of aromatic nitrogens is 3. The maximum Gasteiger partial charge on any atom is 0.290 e. The maximum atomic E-state index is 12.4. The number of imidazole rings is 1. The molecule has 1 unspecified atom stereocenters. The largest absolute Gasteiger partial charge is 0.378 e. The van der Waals surface area contributed by atoms with Gasteiger partial charge in [-0.15, -0.1) is 11.3 Å². The molecule has 1 N–H and O–H groups in total. The molecule has 126 valence electrons. The average molecular weight is 347 g/mol. The Morgan fingerprint density at radius 3 is 3.04 bits per heavy atom. The molecule has 0 radical (unpaired) electrons. The number of ether oxygens (including phenoxy) is 1. The summed E-state index contributed by atoms with van der Waals surface area (Å²) in [6.45, 7) is 4.69. The summed E-state index contributed by atoms with van der Waals surface area (Å²) in [5.41, 5.74) is 0.808. The van der Waals surface area contributed by atoms with E-state index in [0.717, 1.165) is 23.7 Å². The first-order chi connectivity index (χ1) is 11.7. The van der Waals surface area contributed by atoms with Crippen LogP contribution in [0.25, 0.3) is 4.96 Å². The van der Waals surface area contributed by atoms with Gasteiger partial charge >= 0.3 is 0 Å². The molecule has 24 heavy (non-hydrogen) atoms. The molecule has 0 aromatic carbocycles. The third-order valence-corrected chi connectivity index (χ3v) is 4.73. The van der Waals surface area contributed by atoms with Crippen molar-refractivity contribution in [2.75, 3.05) is 31.2 Å². The minimum atomic E-state index is -0.300. The van der Waals surface area contributed by atoms with Crippen molar-refractivity contribution in [2.45, 2.75) is 13.0 Å². The fraction of sp³-hybridized carbons (Fsp3) is 0.400. The number of morpholine rings is 1. The maximum absolute atomic E-state index is 12.4. The van der Waals surface area contributed by atoms with Gasteiger partial charge in [0.05, 0.1) is 24.9 Å². The number of anilines is 1. The zero-order valence-electron chi connectivity index (χ0n) is 13.1. The number of hydrogen-bond acceptors (Lipinski definition) is 7. The molecular weight excluding hydrogens is 330 g/mol. The molecule has 4 heterocycles. The smallest absolute Gasteiger partial charge is 0.290 e. The van der Waals surface area contributed by atoms with E-state index in [1.165, 1.54) is 0 Å². The second-order valence-electron chi connectivity index (χ2n) is 5.60. The second-order valence-corrected chi connectivity index (χ2v) is 6.48. The molecule has 0 saturated carbocycles. The van der Waals surface area contributed by atoms with Crippen LogP contribution < -0.4 is 10.2 Å². The van der Waals surface area contributed by atoms with E-state index in [-0.39, 0.29) is 17.7 Å². The topological polar surface area (TPSA) is 84.9 Å². The van der Waals surface area contributed by atoms with Gasteiger partial charge in [0.25, 0.3) is 5.91 Å². The van der Waals surface area contributed by atoms with Crippen LogP contribution in [0, 0.1) is 0 Å². The van der Waals surface area contributed by atoms with Crippen LogP contribution in [0.2, 0.25) is 0 Å². The van der Waals surface area contributed by atoms with E-state index in [2.05, 4.69) is 15.5 Å². The first-order valence-corrected chi connectivity index (χ1v) is 8.61. The summed E-state index contributed by atoms with van der Waals surface area (Å²) >= 11 is 1.55. The number of nitrogens with zero attached hydrogens (tertiary/aromatic N) is 4. The van der Waals surface area contributed by atoms with E-state index in [9.17, 15) is 4.79 Å². The zero-order chi connectivity index (χ0) is 16.5. The van der Waals surface area contributed by atoms with Crippen LogP contribution in [0.5, 0.6) is 0 Å². The molecule has 1 atom stereocenters. The first-order valence-electron chi connectivity index (χ1n) is 7.73.